The standard InChI is InChI=1S/C91H177NO5/c1-9-17-25-33-42-54-66-82(67-55-43-34-26-18-10-2)91(83(68-56-44-35-27-19-11-3)69-57-45-36-28-20-12-4,89(94)97-87(74-62-49-39-31-23-15-7)75-63-50-40-32-24-16-8)77-65-53-52-59-71-84(92-85-78-90(79-85)80-95-81-90)70-58-46-41-51-64-76-88(93)96-86(72-60-47-37-29-21-13-5)73-61-48-38-30-22-14-6/h82-87,92H,9-81H2,1-8H3. The summed E-state index contributed by atoms with van der Waals surface area (Å²) in [5, 5.41) is 4.26. The Morgan fingerprint density at radius 1 is 0.330 bits per heavy atom. The fourth-order valence-electron chi connectivity index (χ4n) is 17.5. The normalized spacial score (nSPS) is 14.4. The van der Waals surface area contributed by atoms with Crippen LogP contribution >= 0.6 is 0 Å². The van der Waals surface area contributed by atoms with E-state index in [1.165, 1.54) is 398 Å². The monoisotopic (exact) mass is 1360 g/mol. The lowest BCUT2D eigenvalue weighted by Crippen LogP contribution is -2.60. The van der Waals surface area contributed by atoms with E-state index in [4.69, 9.17) is 14.2 Å². The topological polar surface area (TPSA) is 73.9 Å². The summed E-state index contributed by atoms with van der Waals surface area (Å²) in [6, 6.07) is 1.20. The van der Waals surface area contributed by atoms with Crippen molar-refractivity contribution in [2.24, 2.45) is 22.7 Å². The zero-order valence-electron chi connectivity index (χ0n) is 67.6. The Hall–Kier alpha value is -1.14. The minimum absolute atomic E-state index is 0.0560. The molecule has 2 aliphatic rings. The molecule has 2 rings (SSSR count). The molecule has 1 N–H and O–H groups in total. The van der Waals surface area contributed by atoms with Gasteiger partial charge in [0, 0.05) is 23.9 Å². The summed E-state index contributed by atoms with van der Waals surface area (Å²) in [6.45, 7) is 20.6. The number of ether oxygens (including phenoxy) is 3. The molecule has 6 heteroatoms. The van der Waals surface area contributed by atoms with Crippen molar-refractivity contribution in [1.29, 1.82) is 0 Å². The summed E-state index contributed by atoms with van der Waals surface area (Å²) in [4.78, 5) is 30.0. The van der Waals surface area contributed by atoms with Crippen LogP contribution < -0.4 is 5.32 Å². The van der Waals surface area contributed by atoms with E-state index in [2.05, 4.69) is 60.7 Å². The summed E-state index contributed by atoms with van der Waals surface area (Å²) in [5.74, 6) is 1.17. The summed E-state index contributed by atoms with van der Waals surface area (Å²) in [5.41, 5.74) is 0.0604. The highest BCUT2D eigenvalue weighted by molar-refractivity contribution is 5.78. The van der Waals surface area contributed by atoms with Crippen LogP contribution in [0.25, 0.3) is 0 Å². The summed E-state index contributed by atoms with van der Waals surface area (Å²) in [7, 11) is 0. The molecule has 6 nitrogen and oxygen atoms in total. The Labute approximate surface area is 609 Å². The Bertz CT molecular complexity index is 1550. The van der Waals surface area contributed by atoms with Gasteiger partial charge in [-0.1, -0.05) is 389 Å². The lowest BCUT2D eigenvalue weighted by molar-refractivity contribution is -0.174. The van der Waals surface area contributed by atoms with E-state index in [0.29, 0.717) is 41.7 Å². The molecule has 1 atom stereocenters. The van der Waals surface area contributed by atoms with Crippen molar-refractivity contribution >= 4 is 11.9 Å². The quantitative estimate of drug-likeness (QED) is 0.0483. The second-order valence-electron chi connectivity index (χ2n) is 33.2. The summed E-state index contributed by atoms with van der Waals surface area (Å²) < 4.78 is 19.5. The third-order valence-electron chi connectivity index (χ3n) is 24.0. The first-order valence-corrected chi connectivity index (χ1v) is 45.4. The number of carbonyl (C=O) groups is 2. The molecular weight excluding hydrogens is 1190 g/mol. The van der Waals surface area contributed by atoms with Gasteiger partial charge in [-0.25, -0.2) is 0 Å². The molecule has 576 valence electrons. The van der Waals surface area contributed by atoms with Gasteiger partial charge in [0.15, 0.2) is 0 Å². The van der Waals surface area contributed by atoms with Crippen molar-refractivity contribution in [3.05, 3.63) is 0 Å². The second-order valence-corrected chi connectivity index (χ2v) is 33.2. The molecule has 0 amide bonds. The predicted octanol–water partition coefficient (Wildman–Crippen LogP) is 30.2. The molecule has 0 aromatic carbocycles. The summed E-state index contributed by atoms with van der Waals surface area (Å²) >= 11 is 0. The van der Waals surface area contributed by atoms with Gasteiger partial charge in [0.05, 0.1) is 18.6 Å². The van der Waals surface area contributed by atoms with Crippen molar-refractivity contribution in [3.63, 3.8) is 0 Å². The SMILES string of the molecule is CCCCCCCCC(CCCCCCCC)OC(=O)CCCCCCCC(CCCCCCC(C(=O)OC(CCCCCCCC)CCCCCCCC)(C(CCCCCCCC)CCCCCCCC)C(CCCCCCCC)CCCCCCCC)NC1CC2(COC2)C1. The van der Waals surface area contributed by atoms with Gasteiger partial charge in [0.1, 0.15) is 12.2 Å². The molecule has 0 bridgehead atoms. The highest BCUT2D eigenvalue weighted by Crippen LogP contribution is 2.52. The Morgan fingerprint density at radius 3 is 0.887 bits per heavy atom. The molecule has 0 aromatic rings. The third-order valence-corrected chi connectivity index (χ3v) is 24.0. The van der Waals surface area contributed by atoms with E-state index in [0.717, 1.165) is 64.6 Å². The number of rotatable bonds is 78. The molecule has 1 aliphatic carbocycles. The van der Waals surface area contributed by atoms with Gasteiger partial charge in [-0.05, 0) is 127 Å². The van der Waals surface area contributed by atoms with Crippen molar-refractivity contribution in [2.75, 3.05) is 13.2 Å². The molecular formula is C91H177NO5. The lowest BCUT2D eigenvalue weighted by atomic mass is 9.58. The van der Waals surface area contributed by atoms with E-state index in [-0.39, 0.29) is 18.2 Å². The first-order chi connectivity index (χ1) is 47.7. The molecule has 1 aliphatic heterocycles. The van der Waals surface area contributed by atoms with Crippen LogP contribution in [0.4, 0.5) is 0 Å². The first kappa shape index (κ1) is 91.9. The molecule has 1 unspecified atom stereocenters. The van der Waals surface area contributed by atoms with Gasteiger partial charge in [-0.2, -0.15) is 0 Å². The zero-order valence-corrected chi connectivity index (χ0v) is 67.6. The molecule has 97 heavy (non-hydrogen) atoms. The Balaban J connectivity index is 2.44. The third kappa shape index (κ3) is 47.8. The van der Waals surface area contributed by atoms with Crippen LogP contribution in [0, 0.1) is 22.7 Å². The van der Waals surface area contributed by atoms with Gasteiger partial charge < -0.3 is 19.5 Å². The number of esters is 2. The molecule has 1 saturated carbocycles. The smallest absolute Gasteiger partial charge is 0.312 e. The minimum atomic E-state index is -0.404. The largest absolute Gasteiger partial charge is 0.462 e. The van der Waals surface area contributed by atoms with Crippen molar-refractivity contribution in [2.45, 2.75) is 536 Å². The maximum absolute atomic E-state index is 16.7. The van der Waals surface area contributed by atoms with Crippen LogP contribution in [0.3, 0.4) is 0 Å². The molecule has 0 aromatic heterocycles. The molecule has 1 spiro atoms. The van der Waals surface area contributed by atoms with Crippen LogP contribution in [-0.2, 0) is 23.8 Å². The van der Waals surface area contributed by atoms with Crippen molar-refractivity contribution in [1.82, 2.24) is 5.32 Å². The number of nitrogens with one attached hydrogen (secondary N) is 1. The molecule has 1 heterocycles. The molecule has 2 fully saturated rings. The van der Waals surface area contributed by atoms with Crippen LogP contribution in [0.5, 0.6) is 0 Å². The van der Waals surface area contributed by atoms with E-state index in [1.807, 2.05) is 0 Å². The fraction of sp³-hybridized carbons (Fsp3) is 0.978. The number of unbranched alkanes of at least 4 members (excludes halogenated alkanes) is 47. The van der Waals surface area contributed by atoms with E-state index < -0.39 is 5.41 Å². The Kier molecular flexibility index (Phi) is 63.3. The van der Waals surface area contributed by atoms with Crippen LogP contribution in [-0.4, -0.2) is 49.4 Å². The van der Waals surface area contributed by atoms with Gasteiger partial charge >= 0.3 is 11.9 Å². The zero-order chi connectivity index (χ0) is 70.1. The fourth-order valence-corrected chi connectivity index (χ4v) is 17.5. The predicted molar refractivity (Wildman–Crippen MR) is 426 cm³/mol. The van der Waals surface area contributed by atoms with E-state index in [9.17, 15) is 4.79 Å². The van der Waals surface area contributed by atoms with Crippen LogP contribution in [0.2, 0.25) is 0 Å². The van der Waals surface area contributed by atoms with E-state index in [1.54, 1.807) is 0 Å². The van der Waals surface area contributed by atoms with Gasteiger partial charge in [0.2, 0.25) is 0 Å². The van der Waals surface area contributed by atoms with Crippen molar-refractivity contribution < 1.29 is 23.8 Å². The average Bonchev–Trinajstić information content (AvgIpc) is 0.775. The number of hydrogen-bond donors (Lipinski definition) is 1. The van der Waals surface area contributed by atoms with Gasteiger partial charge in [-0.15, -0.1) is 0 Å². The van der Waals surface area contributed by atoms with Gasteiger partial charge in [-0.3, -0.25) is 9.59 Å². The number of hydrogen-bond acceptors (Lipinski definition) is 6. The maximum atomic E-state index is 16.7. The van der Waals surface area contributed by atoms with Crippen LogP contribution in [0.15, 0.2) is 0 Å². The first-order valence-electron chi connectivity index (χ1n) is 45.4. The number of carbonyl (C=O) groups excluding carboxylic acids is 2. The van der Waals surface area contributed by atoms with Crippen molar-refractivity contribution in [3.8, 4) is 0 Å². The lowest BCUT2D eigenvalue weighted by Gasteiger charge is -2.54. The molecule has 1 saturated heterocycles. The van der Waals surface area contributed by atoms with Crippen LogP contribution in [0.1, 0.15) is 511 Å². The highest BCUT2D eigenvalue weighted by atomic mass is 16.5. The summed E-state index contributed by atoms with van der Waals surface area (Å²) in [6.07, 6.45) is 89.5. The highest BCUT2D eigenvalue weighted by Gasteiger charge is 2.52. The average molecular weight is 1370 g/mol. The minimum Gasteiger partial charge on any atom is -0.462 e. The van der Waals surface area contributed by atoms with E-state index >= 15 is 4.79 Å². The van der Waals surface area contributed by atoms with Gasteiger partial charge in [0.25, 0.3) is 0 Å². The Morgan fingerprint density at radius 2 is 0.588 bits per heavy atom. The molecule has 0 radical (unpaired) electrons. The second kappa shape index (κ2) is 66.8. The maximum Gasteiger partial charge on any atom is 0.312 e.